The zero-order chi connectivity index (χ0) is 14.9. The minimum Gasteiger partial charge on any atom is -0.494 e. The number of rotatable bonds is 8. The van der Waals surface area contributed by atoms with Crippen molar-refractivity contribution in [3.05, 3.63) is 42.1 Å². The predicted molar refractivity (Wildman–Crippen MR) is 86.0 cm³/mol. The van der Waals surface area contributed by atoms with E-state index in [0.717, 1.165) is 36.6 Å². The molecule has 2 rings (SSSR count). The maximum Gasteiger partial charge on any atom is 0.224 e. The van der Waals surface area contributed by atoms with E-state index in [2.05, 4.69) is 20.6 Å². The zero-order valence-electron chi connectivity index (χ0n) is 12.6. The highest BCUT2D eigenvalue weighted by atomic mass is 16.5. The average molecular weight is 286 g/mol. The second-order valence-electron chi connectivity index (χ2n) is 4.70. The Balaban J connectivity index is 1.74. The van der Waals surface area contributed by atoms with E-state index in [4.69, 9.17) is 4.74 Å². The quantitative estimate of drug-likeness (QED) is 0.730. The van der Waals surface area contributed by atoms with Crippen molar-refractivity contribution < 1.29 is 4.74 Å². The van der Waals surface area contributed by atoms with Crippen LogP contribution in [0.4, 0.5) is 11.8 Å². The molecule has 0 aliphatic rings. The first-order valence-corrected chi connectivity index (χ1v) is 7.29. The Morgan fingerprint density at radius 1 is 1.14 bits per heavy atom. The zero-order valence-corrected chi connectivity index (χ0v) is 12.6. The molecule has 2 aromatic rings. The molecule has 0 unspecified atom stereocenters. The molecule has 0 fully saturated rings. The third-order valence-electron chi connectivity index (χ3n) is 2.93. The second kappa shape index (κ2) is 8.09. The summed E-state index contributed by atoms with van der Waals surface area (Å²) in [6.45, 7) is 6.33. The molecular formula is C16H22N4O. The summed E-state index contributed by atoms with van der Waals surface area (Å²) in [6.07, 6.45) is 2.74. The largest absolute Gasteiger partial charge is 0.494 e. The molecule has 0 bridgehead atoms. The van der Waals surface area contributed by atoms with Crippen LogP contribution in [0.25, 0.3) is 0 Å². The lowest BCUT2D eigenvalue weighted by atomic mass is 10.3. The van der Waals surface area contributed by atoms with Gasteiger partial charge in [-0.25, -0.2) is 4.98 Å². The Hall–Kier alpha value is -2.30. The summed E-state index contributed by atoms with van der Waals surface area (Å²) < 4.78 is 5.65. The Bertz CT molecular complexity index is 545. The lowest BCUT2D eigenvalue weighted by Gasteiger charge is -2.10. The van der Waals surface area contributed by atoms with Crippen LogP contribution in [0.5, 0.6) is 5.75 Å². The van der Waals surface area contributed by atoms with Crippen LogP contribution < -0.4 is 15.4 Å². The Kier molecular flexibility index (Phi) is 5.82. The summed E-state index contributed by atoms with van der Waals surface area (Å²) in [5.74, 6) is 2.44. The number of aryl methyl sites for hydroxylation is 1. The van der Waals surface area contributed by atoms with Gasteiger partial charge in [0.1, 0.15) is 11.6 Å². The molecule has 0 amide bonds. The van der Waals surface area contributed by atoms with Crippen LogP contribution in [0, 0.1) is 6.92 Å². The van der Waals surface area contributed by atoms with Crippen LogP contribution in [-0.2, 0) is 0 Å². The number of nitrogens with zero attached hydrogens (tertiary/aromatic N) is 2. The third-order valence-corrected chi connectivity index (χ3v) is 2.93. The lowest BCUT2D eigenvalue weighted by molar-refractivity contribution is 0.315. The van der Waals surface area contributed by atoms with Crippen molar-refractivity contribution in [3.8, 4) is 5.75 Å². The molecule has 0 spiro atoms. The van der Waals surface area contributed by atoms with Gasteiger partial charge in [-0.05, 0) is 32.4 Å². The molecule has 5 nitrogen and oxygen atoms in total. The van der Waals surface area contributed by atoms with Gasteiger partial charge in [0.15, 0.2) is 0 Å². The van der Waals surface area contributed by atoms with Crippen molar-refractivity contribution in [1.29, 1.82) is 0 Å². The molecule has 0 aliphatic carbocycles. The van der Waals surface area contributed by atoms with Gasteiger partial charge in [0.25, 0.3) is 0 Å². The van der Waals surface area contributed by atoms with Gasteiger partial charge in [0.05, 0.1) is 6.61 Å². The average Bonchev–Trinajstić information content (AvgIpc) is 2.51. The highest BCUT2D eigenvalue weighted by molar-refractivity contribution is 5.46. The monoisotopic (exact) mass is 286 g/mol. The minimum absolute atomic E-state index is 0.658. The number of para-hydroxylation sites is 1. The van der Waals surface area contributed by atoms with Crippen molar-refractivity contribution in [2.45, 2.75) is 20.3 Å². The Labute approximate surface area is 125 Å². The molecule has 0 aliphatic heterocycles. The summed E-state index contributed by atoms with van der Waals surface area (Å²) in [4.78, 5) is 8.67. The molecule has 0 atom stereocenters. The first kappa shape index (κ1) is 15.1. The smallest absolute Gasteiger partial charge is 0.224 e. The number of aromatic nitrogens is 2. The van der Waals surface area contributed by atoms with Gasteiger partial charge >= 0.3 is 0 Å². The number of ether oxygens (including phenoxy) is 1. The summed E-state index contributed by atoms with van der Waals surface area (Å²) in [5, 5.41) is 6.44. The Morgan fingerprint density at radius 2 is 1.95 bits per heavy atom. The van der Waals surface area contributed by atoms with Gasteiger partial charge in [-0.3, -0.25) is 0 Å². The summed E-state index contributed by atoms with van der Waals surface area (Å²) in [7, 11) is 0. The first-order chi connectivity index (χ1) is 10.3. The van der Waals surface area contributed by atoms with Crippen LogP contribution in [0.2, 0.25) is 0 Å². The number of hydrogen-bond donors (Lipinski definition) is 2. The van der Waals surface area contributed by atoms with Crippen molar-refractivity contribution in [3.63, 3.8) is 0 Å². The fraction of sp³-hybridized carbons (Fsp3) is 0.375. The van der Waals surface area contributed by atoms with Crippen molar-refractivity contribution in [1.82, 2.24) is 9.97 Å². The summed E-state index contributed by atoms with van der Waals surface area (Å²) in [5.41, 5.74) is 1.04. The molecule has 112 valence electrons. The maximum atomic E-state index is 5.65. The van der Waals surface area contributed by atoms with Crippen LogP contribution >= 0.6 is 0 Å². The molecule has 1 aromatic carbocycles. The lowest BCUT2D eigenvalue weighted by Crippen LogP contribution is -2.11. The van der Waals surface area contributed by atoms with E-state index in [0.29, 0.717) is 12.6 Å². The molecule has 1 heterocycles. The van der Waals surface area contributed by atoms with E-state index in [-0.39, 0.29) is 0 Å². The number of benzene rings is 1. The fourth-order valence-electron chi connectivity index (χ4n) is 1.85. The first-order valence-electron chi connectivity index (χ1n) is 7.29. The van der Waals surface area contributed by atoms with E-state index < -0.39 is 0 Å². The highest BCUT2D eigenvalue weighted by Crippen LogP contribution is 2.12. The maximum absolute atomic E-state index is 5.65. The Morgan fingerprint density at radius 3 is 2.71 bits per heavy atom. The van der Waals surface area contributed by atoms with Crippen LogP contribution in [0.15, 0.2) is 36.5 Å². The fourth-order valence-corrected chi connectivity index (χ4v) is 1.85. The van der Waals surface area contributed by atoms with Gasteiger partial charge < -0.3 is 15.4 Å². The molecule has 5 heteroatoms. The molecule has 0 saturated heterocycles. The normalized spacial score (nSPS) is 10.2. The van der Waals surface area contributed by atoms with Gasteiger partial charge in [0, 0.05) is 24.8 Å². The standard InChI is InChI=1S/C16H22N4O/c1-3-17-16-19-12-13(2)15(20-16)18-10-7-11-21-14-8-5-4-6-9-14/h4-6,8-9,12H,3,7,10-11H2,1-2H3,(H2,17,18,19,20). The number of anilines is 2. The third kappa shape index (κ3) is 4.95. The van der Waals surface area contributed by atoms with Gasteiger partial charge in [0.2, 0.25) is 5.95 Å². The molecule has 1 aromatic heterocycles. The highest BCUT2D eigenvalue weighted by Gasteiger charge is 2.02. The predicted octanol–water partition coefficient (Wildman–Crippen LogP) is 3.10. The van der Waals surface area contributed by atoms with Crippen LogP contribution in [-0.4, -0.2) is 29.7 Å². The van der Waals surface area contributed by atoms with Gasteiger partial charge in [-0.2, -0.15) is 4.98 Å². The SMILES string of the molecule is CCNc1ncc(C)c(NCCCOc2ccccc2)n1. The van der Waals surface area contributed by atoms with E-state index >= 15 is 0 Å². The number of hydrogen-bond acceptors (Lipinski definition) is 5. The molecule has 21 heavy (non-hydrogen) atoms. The van der Waals surface area contributed by atoms with Crippen LogP contribution in [0.3, 0.4) is 0 Å². The van der Waals surface area contributed by atoms with Crippen LogP contribution in [0.1, 0.15) is 18.9 Å². The summed E-state index contributed by atoms with van der Waals surface area (Å²) >= 11 is 0. The van der Waals surface area contributed by atoms with Crippen molar-refractivity contribution in [2.75, 3.05) is 30.3 Å². The van der Waals surface area contributed by atoms with E-state index in [1.54, 1.807) is 0 Å². The number of nitrogens with one attached hydrogen (secondary N) is 2. The van der Waals surface area contributed by atoms with E-state index in [9.17, 15) is 0 Å². The van der Waals surface area contributed by atoms with Crippen molar-refractivity contribution in [2.24, 2.45) is 0 Å². The molecule has 0 radical (unpaired) electrons. The molecule has 0 saturated carbocycles. The minimum atomic E-state index is 0.658. The van der Waals surface area contributed by atoms with E-state index in [1.165, 1.54) is 0 Å². The summed E-state index contributed by atoms with van der Waals surface area (Å²) in [6, 6.07) is 9.85. The van der Waals surface area contributed by atoms with E-state index in [1.807, 2.05) is 50.4 Å². The van der Waals surface area contributed by atoms with Crippen molar-refractivity contribution >= 4 is 11.8 Å². The van der Waals surface area contributed by atoms with Gasteiger partial charge in [-0.15, -0.1) is 0 Å². The topological polar surface area (TPSA) is 59.1 Å². The molecular weight excluding hydrogens is 264 g/mol. The molecule has 2 N–H and O–H groups in total. The second-order valence-corrected chi connectivity index (χ2v) is 4.70. The van der Waals surface area contributed by atoms with Gasteiger partial charge in [-0.1, -0.05) is 18.2 Å².